The first-order chi connectivity index (χ1) is 11.4. The molecule has 2 aromatic rings. The van der Waals surface area contributed by atoms with Gasteiger partial charge in [0, 0.05) is 24.9 Å². The first-order valence-corrected chi connectivity index (χ1v) is 8.60. The summed E-state index contributed by atoms with van der Waals surface area (Å²) in [7, 11) is 0. The molecule has 0 saturated carbocycles. The Hall–Kier alpha value is -1.73. The topological polar surface area (TPSA) is 80.2 Å². The lowest BCUT2D eigenvalue weighted by Crippen LogP contribution is -2.45. The molecule has 0 bridgehead atoms. The number of hydrogen-bond donors (Lipinski definition) is 1. The smallest absolute Gasteiger partial charge is 0.223 e. The molecule has 0 radical (unpaired) electrons. The van der Waals surface area contributed by atoms with Crippen molar-refractivity contribution < 1.29 is 8.94 Å². The molecule has 1 aliphatic heterocycles. The van der Waals surface area contributed by atoms with Crippen LogP contribution in [0.4, 0.5) is 0 Å². The monoisotopic (exact) mass is 333 g/mol. The number of nitrogens with one attached hydrogen (secondary N) is 1. The SMILES string of the molecule is Cc1nc(CN2CCCC(NCc3ncc(C(C)(C)C)o3)C2)no1. The molecule has 0 spiro atoms. The molecular weight excluding hydrogens is 306 g/mol. The van der Waals surface area contributed by atoms with Crippen molar-refractivity contribution in [2.24, 2.45) is 0 Å². The molecule has 3 rings (SSSR count). The number of aromatic nitrogens is 3. The molecule has 7 heteroatoms. The number of rotatable bonds is 5. The quantitative estimate of drug-likeness (QED) is 0.900. The standard InChI is InChI=1S/C17H27N5O2/c1-12-20-15(21-24-12)11-22-7-5-6-13(10-22)18-9-16-19-8-14(23-16)17(2,3)4/h8,13,18H,5-7,9-11H2,1-4H3. The zero-order valence-electron chi connectivity index (χ0n) is 15.0. The zero-order chi connectivity index (χ0) is 17.2. The van der Waals surface area contributed by atoms with E-state index in [0.29, 0.717) is 18.5 Å². The van der Waals surface area contributed by atoms with Crippen LogP contribution < -0.4 is 5.32 Å². The Labute approximate surface area is 142 Å². The predicted octanol–water partition coefficient (Wildman–Crippen LogP) is 2.42. The van der Waals surface area contributed by atoms with Crippen molar-refractivity contribution in [3.8, 4) is 0 Å². The van der Waals surface area contributed by atoms with E-state index in [1.54, 1.807) is 0 Å². The minimum Gasteiger partial charge on any atom is -0.444 e. The maximum Gasteiger partial charge on any atom is 0.223 e. The van der Waals surface area contributed by atoms with Gasteiger partial charge >= 0.3 is 0 Å². The van der Waals surface area contributed by atoms with Crippen molar-refractivity contribution in [3.63, 3.8) is 0 Å². The van der Waals surface area contributed by atoms with Gasteiger partial charge in [-0.15, -0.1) is 0 Å². The number of piperidine rings is 1. The van der Waals surface area contributed by atoms with Crippen LogP contribution in [0.15, 0.2) is 15.1 Å². The van der Waals surface area contributed by atoms with E-state index in [1.807, 2.05) is 13.1 Å². The third kappa shape index (κ3) is 4.42. The Balaban J connectivity index is 1.49. The Morgan fingerprint density at radius 2 is 2.21 bits per heavy atom. The molecule has 1 aliphatic rings. The van der Waals surface area contributed by atoms with Gasteiger partial charge in [0.25, 0.3) is 0 Å². The van der Waals surface area contributed by atoms with Crippen LogP contribution in [0.5, 0.6) is 0 Å². The summed E-state index contributed by atoms with van der Waals surface area (Å²) < 4.78 is 10.9. The lowest BCUT2D eigenvalue weighted by Gasteiger charge is -2.32. The van der Waals surface area contributed by atoms with Gasteiger partial charge in [-0.1, -0.05) is 25.9 Å². The number of nitrogens with zero attached hydrogens (tertiary/aromatic N) is 4. The van der Waals surface area contributed by atoms with Crippen LogP contribution in [0, 0.1) is 6.92 Å². The highest BCUT2D eigenvalue weighted by molar-refractivity contribution is 5.06. The minimum absolute atomic E-state index is 0.00435. The second-order valence-corrected chi connectivity index (χ2v) is 7.55. The second kappa shape index (κ2) is 7.03. The Morgan fingerprint density at radius 3 is 2.88 bits per heavy atom. The summed E-state index contributed by atoms with van der Waals surface area (Å²) >= 11 is 0. The highest BCUT2D eigenvalue weighted by Crippen LogP contribution is 2.22. The molecule has 1 fully saturated rings. The Kier molecular flexibility index (Phi) is 5.01. The van der Waals surface area contributed by atoms with Crippen LogP contribution in [0.1, 0.15) is 57.0 Å². The van der Waals surface area contributed by atoms with Crippen LogP contribution in [-0.4, -0.2) is 39.2 Å². The average Bonchev–Trinajstić information content (AvgIpc) is 3.14. The summed E-state index contributed by atoms with van der Waals surface area (Å²) in [5.41, 5.74) is -0.00435. The molecule has 1 saturated heterocycles. The lowest BCUT2D eigenvalue weighted by molar-refractivity contribution is 0.175. The first-order valence-electron chi connectivity index (χ1n) is 8.60. The van der Waals surface area contributed by atoms with Crippen molar-refractivity contribution in [2.45, 2.75) is 65.1 Å². The summed E-state index contributed by atoms with van der Waals surface area (Å²) in [6.07, 6.45) is 4.16. The van der Waals surface area contributed by atoms with Gasteiger partial charge in [-0.2, -0.15) is 4.98 Å². The van der Waals surface area contributed by atoms with E-state index in [-0.39, 0.29) is 5.41 Å². The molecule has 0 aromatic carbocycles. The molecule has 1 atom stereocenters. The molecule has 24 heavy (non-hydrogen) atoms. The number of likely N-dealkylation sites (tertiary alicyclic amines) is 1. The molecule has 132 valence electrons. The summed E-state index contributed by atoms with van der Waals surface area (Å²) in [4.78, 5) is 11.0. The second-order valence-electron chi connectivity index (χ2n) is 7.55. The van der Waals surface area contributed by atoms with Gasteiger partial charge in [-0.05, 0) is 19.4 Å². The normalized spacial score (nSPS) is 19.8. The maximum atomic E-state index is 5.84. The predicted molar refractivity (Wildman–Crippen MR) is 89.4 cm³/mol. The highest BCUT2D eigenvalue weighted by Gasteiger charge is 2.22. The van der Waals surface area contributed by atoms with E-state index in [1.165, 1.54) is 0 Å². The molecule has 7 nitrogen and oxygen atoms in total. The van der Waals surface area contributed by atoms with E-state index < -0.39 is 0 Å². The third-order valence-corrected chi connectivity index (χ3v) is 4.27. The van der Waals surface area contributed by atoms with Crippen LogP contribution >= 0.6 is 0 Å². The largest absolute Gasteiger partial charge is 0.444 e. The van der Waals surface area contributed by atoms with Crippen molar-refractivity contribution in [3.05, 3.63) is 29.6 Å². The van der Waals surface area contributed by atoms with Gasteiger partial charge in [-0.25, -0.2) is 4.98 Å². The first kappa shape index (κ1) is 17.1. The van der Waals surface area contributed by atoms with Crippen LogP contribution in [0.3, 0.4) is 0 Å². The van der Waals surface area contributed by atoms with E-state index in [0.717, 1.165) is 50.0 Å². The molecule has 1 N–H and O–H groups in total. The van der Waals surface area contributed by atoms with Crippen LogP contribution in [0.2, 0.25) is 0 Å². The lowest BCUT2D eigenvalue weighted by atomic mass is 9.94. The fourth-order valence-corrected chi connectivity index (χ4v) is 2.94. The fourth-order valence-electron chi connectivity index (χ4n) is 2.94. The number of oxazole rings is 1. The Morgan fingerprint density at radius 1 is 1.38 bits per heavy atom. The zero-order valence-corrected chi connectivity index (χ0v) is 15.0. The van der Waals surface area contributed by atoms with Gasteiger partial charge in [0.05, 0.1) is 19.3 Å². The summed E-state index contributed by atoms with van der Waals surface area (Å²) in [5.74, 6) is 3.06. The minimum atomic E-state index is -0.00435. The van der Waals surface area contributed by atoms with Crippen molar-refractivity contribution in [1.82, 2.24) is 25.3 Å². The maximum absolute atomic E-state index is 5.84. The number of aryl methyl sites for hydroxylation is 1. The van der Waals surface area contributed by atoms with Crippen LogP contribution in [-0.2, 0) is 18.5 Å². The van der Waals surface area contributed by atoms with Gasteiger partial charge in [0.15, 0.2) is 5.82 Å². The Bertz CT molecular complexity index is 658. The molecule has 0 aliphatic carbocycles. The van der Waals surface area contributed by atoms with Gasteiger partial charge in [-0.3, -0.25) is 4.90 Å². The summed E-state index contributed by atoms with van der Waals surface area (Å²) in [6, 6.07) is 0.428. The van der Waals surface area contributed by atoms with Gasteiger partial charge in [0.2, 0.25) is 11.8 Å². The average molecular weight is 333 g/mol. The fraction of sp³-hybridized carbons (Fsp3) is 0.706. The highest BCUT2D eigenvalue weighted by atomic mass is 16.5. The van der Waals surface area contributed by atoms with E-state index in [9.17, 15) is 0 Å². The van der Waals surface area contributed by atoms with E-state index in [2.05, 4.69) is 46.1 Å². The molecule has 2 aromatic heterocycles. The molecule has 3 heterocycles. The van der Waals surface area contributed by atoms with Crippen LogP contribution in [0.25, 0.3) is 0 Å². The van der Waals surface area contributed by atoms with Crippen molar-refractivity contribution >= 4 is 0 Å². The summed E-state index contributed by atoms with van der Waals surface area (Å²) in [5, 5.41) is 7.54. The summed E-state index contributed by atoms with van der Waals surface area (Å²) in [6.45, 7) is 11.6. The molecular formula is C17H27N5O2. The van der Waals surface area contributed by atoms with Crippen molar-refractivity contribution in [1.29, 1.82) is 0 Å². The number of hydrogen-bond acceptors (Lipinski definition) is 7. The van der Waals surface area contributed by atoms with E-state index in [4.69, 9.17) is 8.94 Å². The van der Waals surface area contributed by atoms with E-state index >= 15 is 0 Å². The van der Waals surface area contributed by atoms with Gasteiger partial charge in [0.1, 0.15) is 5.76 Å². The molecule has 0 amide bonds. The van der Waals surface area contributed by atoms with Crippen molar-refractivity contribution in [2.75, 3.05) is 13.1 Å². The van der Waals surface area contributed by atoms with Gasteiger partial charge < -0.3 is 14.3 Å². The molecule has 1 unspecified atom stereocenters. The third-order valence-electron chi connectivity index (χ3n) is 4.27.